The zero-order chi connectivity index (χ0) is 21.2. The molecule has 160 valence electrons. The number of nitrogens with zero attached hydrogens (tertiary/aromatic N) is 5. The van der Waals surface area contributed by atoms with Crippen LogP contribution in [-0.2, 0) is 23.1 Å². The van der Waals surface area contributed by atoms with E-state index in [1.54, 1.807) is 13.8 Å². The molecule has 0 radical (unpaired) electrons. The van der Waals surface area contributed by atoms with E-state index < -0.39 is 19.4 Å². The van der Waals surface area contributed by atoms with Crippen molar-refractivity contribution in [2.45, 2.75) is 65.8 Å². The van der Waals surface area contributed by atoms with E-state index in [0.717, 1.165) is 0 Å². The van der Waals surface area contributed by atoms with Gasteiger partial charge in [0, 0.05) is 4.91 Å². The van der Waals surface area contributed by atoms with Crippen molar-refractivity contribution in [1.29, 1.82) is 0 Å². The van der Waals surface area contributed by atoms with Crippen molar-refractivity contribution in [3.05, 3.63) is 10.4 Å². The zero-order valence-corrected chi connectivity index (χ0v) is 18.5. The molecule has 0 aromatic heterocycles. The van der Waals surface area contributed by atoms with Gasteiger partial charge in [-0.15, -0.1) is 0 Å². The van der Waals surface area contributed by atoms with Crippen LogP contribution in [0.5, 0.6) is 0 Å². The Kier molecular flexibility index (Phi) is 10.5. The number of hydrogen-bond acceptors (Lipinski definition) is 8. The maximum Gasteiger partial charge on any atom is 0.339 e. The zero-order valence-electron chi connectivity index (χ0n) is 17.6. The molecule has 0 bridgehead atoms. The summed E-state index contributed by atoms with van der Waals surface area (Å²) in [7, 11) is -3.67. The van der Waals surface area contributed by atoms with Crippen molar-refractivity contribution in [3.63, 3.8) is 0 Å². The molecule has 0 fully saturated rings. The molecule has 3 atom stereocenters. The summed E-state index contributed by atoms with van der Waals surface area (Å²) < 4.78 is 35.3. The van der Waals surface area contributed by atoms with E-state index in [4.69, 9.17) is 24.1 Å². The van der Waals surface area contributed by atoms with Crippen molar-refractivity contribution >= 4 is 19.4 Å². The molecule has 0 aromatic carbocycles. The summed E-state index contributed by atoms with van der Waals surface area (Å²) in [4.78, 5) is 12.2. The van der Waals surface area contributed by atoms with Crippen LogP contribution < -0.4 is 0 Å². The van der Waals surface area contributed by atoms with E-state index >= 15 is 0 Å². The predicted octanol–water partition coefficient (Wildman–Crippen LogP) is 4.56. The van der Waals surface area contributed by atoms with Crippen molar-refractivity contribution in [3.8, 4) is 0 Å². The fourth-order valence-electron chi connectivity index (χ4n) is 2.77. The molecule has 0 aromatic rings. The Labute approximate surface area is 166 Å². The molecule has 1 aliphatic heterocycles. The summed E-state index contributed by atoms with van der Waals surface area (Å²) in [5.74, 6) is -0.00139. The first-order valence-electron chi connectivity index (χ1n) is 9.70. The summed E-state index contributed by atoms with van der Waals surface area (Å²) in [5.41, 5.74) is 8.99. The van der Waals surface area contributed by atoms with Crippen molar-refractivity contribution in [2.75, 3.05) is 26.4 Å². The molecular formula is C17H32N5O5P. The highest BCUT2D eigenvalue weighted by Gasteiger charge is 2.40. The van der Waals surface area contributed by atoms with Crippen LogP contribution in [0.1, 0.15) is 48.0 Å². The number of hydrogen-bond donors (Lipinski definition) is 0. The van der Waals surface area contributed by atoms with Crippen LogP contribution in [0.15, 0.2) is 15.1 Å². The summed E-state index contributed by atoms with van der Waals surface area (Å²) in [6, 6.07) is -0.873. The smallest absolute Gasteiger partial charge is 0.339 e. The lowest BCUT2D eigenvalue weighted by Gasteiger charge is -2.30. The Balaban J connectivity index is 3.28. The fraction of sp³-hybridized carbons (Fsp3) is 0.882. The van der Waals surface area contributed by atoms with Crippen LogP contribution in [0.25, 0.3) is 10.4 Å². The predicted molar refractivity (Wildman–Crippen MR) is 109 cm³/mol. The average molecular weight is 417 g/mol. The van der Waals surface area contributed by atoms with Gasteiger partial charge >= 0.3 is 7.60 Å². The molecule has 0 N–H and O–H groups in total. The van der Waals surface area contributed by atoms with Gasteiger partial charge in [-0.3, -0.25) is 4.57 Å². The van der Waals surface area contributed by atoms with E-state index in [0.29, 0.717) is 25.0 Å². The van der Waals surface area contributed by atoms with E-state index in [1.165, 1.54) is 0 Å². The van der Waals surface area contributed by atoms with Crippen LogP contribution in [0.4, 0.5) is 0 Å². The Morgan fingerprint density at radius 2 is 1.61 bits per heavy atom. The first-order valence-corrected chi connectivity index (χ1v) is 11.3. The van der Waals surface area contributed by atoms with Crippen molar-refractivity contribution < 1.29 is 23.1 Å². The lowest BCUT2D eigenvalue weighted by molar-refractivity contribution is 0.209. The Morgan fingerprint density at radius 3 is 2.07 bits per heavy atom. The molecule has 0 spiro atoms. The Bertz CT molecular complexity index is 638. The molecule has 0 amide bonds. The van der Waals surface area contributed by atoms with E-state index in [2.05, 4.69) is 20.0 Å². The van der Waals surface area contributed by atoms with Crippen LogP contribution in [-0.4, -0.2) is 56.1 Å². The van der Waals surface area contributed by atoms with Crippen LogP contribution in [0, 0.1) is 5.92 Å². The largest absolute Gasteiger partial charge is 0.480 e. The Morgan fingerprint density at radius 1 is 1.04 bits per heavy atom. The molecule has 28 heavy (non-hydrogen) atoms. The molecule has 1 rings (SSSR count). The third kappa shape index (κ3) is 6.48. The second-order valence-corrected chi connectivity index (χ2v) is 8.49. The van der Waals surface area contributed by atoms with E-state index in [1.807, 2.05) is 27.7 Å². The van der Waals surface area contributed by atoms with Gasteiger partial charge < -0.3 is 18.5 Å². The summed E-state index contributed by atoms with van der Waals surface area (Å²) in [5, 5.41) is 3.69. The van der Waals surface area contributed by atoms with E-state index in [-0.39, 0.29) is 31.6 Å². The quantitative estimate of drug-likeness (QED) is 0.211. The van der Waals surface area contributed by atoms with Crippen LogP contribution in [0.2, 0.25) is 0 Å². The number of rotatable bonds is 11. The van der Waals surface area contributed by atoms with Gasteiger partial charge in [0.15, 0.2) is 0 Å². The van der Waals surface area contributed by atoms with Crippen molar-refractivity contribution in [2.24, 2.45) is 21.0 Å². The standard InChI is InChI=1S/C17H32N5O5P/c1-7-24-16-13(19-17(25-8-2)15(20-16)12(5)6)11-14(21-22-18)28(23,26-9-3)27-10-4/h12-15H,7-11H2,1-6H3/t13-,14-,15+/m0/s1. The van der Waals surface area contributed by atoms with Crippen molar-refractivity contribution in [1.82, 2.24) is 0 Å². The van der Waals surface area contributed by atoms with Gasteiger partial charge in [0.25, 0.3) is 0 Å². The molecule has 0 aliphatic carbocycles. The monoisotopic (exact) mass is 417 g/mol. The molecule has 11 heteroatoms. The van der Waals surface area contributed by atoms with Gasteiger partial charge in [-0.05, 0) is 45.6 Å². The highest BCUT2D eigenvalue weighted by Crippen LogP contribution is 2.55. The lowest BCUT2D eigenvalue weighted by Crippen LogP contribution is -2.39. The van der Waals surface area contributed by atoms with Gasteiger partial charge in [0.2, 0.25) is 11.8 Å². The van der Waals surface area contributed by atoms with Crippen LogP contribution in [0.3, 0.4) is 0 Å². The molecule has 1 heterocycles. The number of aliphatic imine (C=N–C) groups is 2. The molecule has 0 saturated carbocycles. The SMILES string of the molecule is CCOC1=N[C@H](C(C)C)C(OCC)=N[C@H]1C[C@@H](N=[N+]=[N-])P(=O)(OCC)OCC. The molecule has 0 saturated heterocycles. The molecule has 10 nitrogen and oxygen atoms in total. The topological polar surface area (TPSA) is 127 Å². The second kappa shape index (κ2) is 12.1. The highest BCUT2D eigenvalue weighted by molar-refractivity contribution is 7.54. The summed E-state index contributed by atoms with van der Waals surface area (Å²) >= 11 is 0. The minimum atomic E-state index is -3.67. The minimum Gasteiger partial charge on any atom is -0.480 e. The second-order valence-electron chi connectivity index (χ2n) is 6.30. The van der Waals surface area contributed by atoms with Crippen LogP contribution >= 0.6 is 7.60 Å². The average Bonchev–Trinajstić information content (AvgIpc) is 2.63. The normalized spacial score (nSPS) is 20.8. The van der Waals surface area contributed by atoms with E-state index in [9.17, 15) is 4.57 Å². The minimum absolute atomic E-state index is 0.0710. The maximum atomic E-state index is 13.2. The summed E-state index contributed by atoms with van der Waals surface area (Å²) in [6.45, 7) is 12.3. The number of azide groups is 1. The first-order chi connectivity index (χ1) is 13.4. The maximum absolute atomic E-state index is 13.2. The lowest BCUT2D eigenvalue weighted by atomic mass is 10.0. The van der Waals surface area contributed by atoms with Gasteiger partial charge in [-0.2, -0.15) is 0 Å². The van der Waals surface area contributed by atoms with Gasteiger partial charge in [0.05, 0.1) is 26.4 Å². The molecule has 0 unspecified atom stereocenters. The molecular weight excluding hydrogens is 385 g/mol. The fourth-order valence-corrected chi connectivity index (χ4v) is 4.54. The summed E-state index contributed by atoms with van der Waals surface area (Å²) in [6.07, 6.45) is 0.0710. The van der Waals surface area contributed by atoms with Gasteiger partial charge in [0.1, 0.15) is 17.9 Å². The Hall–Kier alpha value is -1.60. The number of ether oxygens (including phenoxy) is 2. The third-order valence-electron chi connectivity index (χ3n) is 3.91. The van der Waals surface area contributed by atoms with Gasteiger partial charge in [-0.25, -0.2) is 9.98 Å². The third-order valence-corrected chi connectivity index (χ3v) is 6.19. The highest BCUT2D eigenvalue weighted by atomic mass is 31.2. The van der Waals surface area contributed by atoms with Gasteiger partial charge in [-0.1, -0.05) is 19.0 Å². The molecule has 1 aliphatic rings. The first kappa shape index (κ1) is 24.4.